The Kier molecular flexibility index (Phi) is 7.62. The highest BCUT2D eigenvalue weighted by molar-refractivity contribution is 6.30. The van der Waals surface area contributed by atoms with E-state index in [1.54, 1.807) is 25.1 Å². The summed E-state index contributed by atoms with van der Waals surface area (Å²) in [7, 11) is 0. The van der Waals surface area contributed by atoms with Gasteiger partial charge in [0.25, 0.3) is 0 Å². The van der Waals surface area contributed by atoms with Crippen LogP contribution in [0.3, 0.4) is 0 Å². The topological polar surface area (TPSA) is 86.8 Å². The summed E-state index contributed by atoms with van der Waals surface area (Å²) in [4.78, 5) is 54.3. The molecule has 1 aromatic rings. The van der Waals surface area contributed by atoms with Crippen LogP contribution in [0.25, 0.3) is 0 Å². The number of carbonyl (C=O) groups excluding carboxylic acids is 4. The van der Waals surface area contributed by atoms with Gasteiger partial charge < -0.3 is 10.2 Å². The van der Waals surface area contributed by atoms with E-state index in [0.717, 1.165) is 5.56 Å². The third kappa shape index (κ3) is 6.02. The molecule has 0 spiro atoms. The van der Waals surface area contributed by atoms with Crippen LogP contribution < -0.4 is 5.32 Å². The number of halogens is 1. The van der Waals surface area contributed by atoms with Gasteiger partial charge in [-0.05, 0) is 58.2 Å². The molecule has 1 heterocycles. The van der Waals surface area contributed by atoms with Crippen molar-refractivity contribution in [3.63, 3.8) is 0 Å². The van der Waals surface area contributed by atoms with Gasteiger partial charge in [0.15, 0.2) is 0 Å². The van der Waals surface area contributed by atoms with Crippen molar-refractivity contribution in [2.45, 2.75) is 65.1 Å². The van der Waals surface area contributed by atoms with Gasteiger partial charge in [-0.3, -0.25) is 24.1 Å². The fraction of sp³-hybridized carbons (Fsp3) is 0.520. The third-order valence-electron chi connectivity index (χ3n) is 6.06. The number of nitrogens with zero attached hydrogens (tertiary/aromatic N) is 2. The summed E-state index contributed by atoms with van der Waals surface area (Å²) >= 11 is 6.11. The molecule has 0 aromatic heterocycles. The van der Waals surface area contributed by atoms with Gasteiger partial charge in [0.1, 0.15) is 6.04 Å². The standard InChI is InChI=1S/C25H32ClN3O4/c1-16(22(31)27-25(2,3)4)29(15-17-8-7-9-18(26)14-17)21(30)12-13-28-23(32)19-10-5-6-11-20(19)24(28)33/h5-9,14,16,19-20H,10-13,15H2,1-4H3,(H,27,31)/t16-,19-,20+/m0/s1. The van der Waals surface area contributed by atoms with Crippen molar-refractivity contribution in [2.24, 2.45) is 11.8 Å². The van der Waals surface area contributed by atoms with Crippen LogP contribution in [0.1, 0.15) is 52.5 Å². The number of hydrogen-bond donors (Lipinski definition) is 1. The van der Waals surface area contributed by atoms with E-state index >= 15 is 0 Å². The monoisotopic (exact) mass is 473 g/mol. The predicted octanol–water partition coefficient (Wildman–Crippen LogP) is 3.31. The van der Waals surface area contributed by atoms with Crippen LogP contribution in [0, 0.1) is 11.8 Å². The summed E-state index contributed by atoms with van der Waals surface area (Å²) in [5.41, 5.74) is 0.339. The Bertz CT molecular complexity index is 943. The molecule has 1 fully saturated rings. The lowest BCUT2D eigenvalue weighted by Crippen LogP contribution is -2.52. The minimum absolute atomic E-state index is 0.0170. The zero-order chi connectivity index (χ0) is 24.3. The fourth-order valence-electron chi connectivity index (χ4n) is 4.33. The minimum atomic E-state index is -0.743. The number of amides is 4. The van der Waals surface area contributed by atoms with Gasteiger partial charge >= 0.3 is 0 Å². The third-order valence-corrected chi connectivity index (χ3v) is 6.29. The first-order valence-electron chi connectivity index (χ1n) is 11.3. The first-order chi connectivity index (χ1) is 15.5. The lowest BCUT2D eigenvalue weighted by atomic mass is 9.85. The van der Waals surface area contributed by atoms with Crippen LogP contribution in [0.15, 0.2) is 36.4 Å². The Morgan fingerprint density at radius 1 is 1.15 bits per heavy atom. The molecule has 4 amide bonds. The summed E-state index contributed by atoms with van der Waals surface area (Å²) in [6.07, 6.45) is 4.94. The van der Waals surface area contributed by atoms with Crippen LogP contribution in [-0.4, -0.2) is 51.6 Å². The molecule has 0 saturated carbocycles. The lowest BCUT2D eigenvalue weighted by molar-refractivity contribution is -0.144. The van der Waals surface area contributed by atoms with E-state index in [4.69, 9.17) is 11.6 Å². The van der Waals surface area contributed by atoms with E-state index in [-0.39, 0.29) is 55.0 Å². The highest BCUT2D eigenvalue weighted by Crippen LogP contribution is 2.35. The molecule has 8 heteroatoms. The predicted molar refractivity (Wildman–Crippen MR) is 126 cm³/mol. The first-order valence-corrected chi connectivity index (χ1v) is 11.7. The first kappa shape index (κ1) is 25.0. The summed E-state index contributed by atoms with van der Waals surface area (Å²) < 4.78 is 0. The summed E-state index contributed by atoms with van der Waals surface area (Å²) in [6.45, 7) is 7.51. The van der Waals surface area contributed by atoms with Gasteiger partial charge in [-0.1, -0.05) is 35.9 Å². The molecule has 1 saturated heterocycles. The number of likely N-dealkylation sites (tertiary alicyclic amines) is 1. The number of hydrogen-bond acceptors (Lipinski definition) is 4. The Morgan fingerprint density at radius 3 is 2.30 bits per heavy atom. The van der Waals surface area contributed by atoms with E-state index in [1.807, 2.05) is 39.0 Å². The summed E-state index contributed by atoms with van der Waals surface area (Å²) in [5.74, 6) is -1.64. The van der Waals surface area contributed by atoms with Crippen molar-refractivity contribution in [1.82, 2.24) is 15.1 Å². The summed E-state index contributed by atoms with van der Waals surface area (Å²) in [5, 5.41) is 3.45. The second-order valence-corrected chi connectivity index (χ2v) is 10.2. The van der Waals surface area contributed by atoms with E-state index < -0.39 is 11.6 Å². The molecule has 178 valence electrons. The van der Waals surface area contributed by atoms with Gasteiger partial charge in [-0.2, -0.15) is 0 Å². The second-order valence-electron chi connectivity index (χ2n) is 9.80. The zero-order valence-electron chi connectivity index (χ0n) is 19.6. The molecule has 1 aliphatic carbocycles. The molecule has 3 atom stereocenters. The average molecular weight is 474 g/mol. The molecule has 2 aliphatic rings. The quantitative estimate of drug-likeness (QED) is 0.486. The van der Waals surface area contributed by atoms with E-state index in [0.29, 0.717) is 17.9 Å². The van der Waals surface area contributed by atoms with Crippen molar-refractivity contribution < 1.29 is 19.2 Å². The number of allylic oxidation sites excluding steroid dienone is 2. The molecule has 0 unspecified atom stereocenters. The highest BCUT2D eigenvalue weighted by Gasteiger charge is 2.47. The SMILES string of the molecule is C[C@@H](C(=O)NC(C)(C)C)N(Cc1cccc(Cl)c1)C(=O)CCN1C(=O)[C@H]2CC=CC[C@H]2C1=O. The molecular formula is C25H32ClN3O4. The number of benzene rings is 1. The van der Waals surface area contributed by atoms with Crippen molar-refractivity contribution in [3.05, 3.63) is 47.0 Å². The average Bonchev–Trinajstić information content (AvgIpc) is 2.99. The molecule has 1 N–H and O–H groups in total. The minimum Gasteiger partial charge on any atom is -0.350 e. The second kappa shape index (κ2) is 10.1. The van der Waals surface area contributed by atoms with Crippen LogP contribution in [0.2, 0.25) is 5.02 Å². The van der Waals surface area contributed by atoms with Gasteiger partial charge in [-0.25, -0.2) is 0 Å². The number of imide groups is 1. The highest BCUT2D eigenvalue weighted by atomic mass is 35.5. The fourth-order valence-corrected chi connectivity index (χ4v) is 4.54. The molecule has 33 heavy (non-hydrogen) atoms. The van der Waals surface area contributed by atoms with Crippen LogP contribution in [-0.2, 0) is 25.7 Å². The van der Waals surface area contributed by atoms with Crippen LogP contribution in [0.5, 0.6) is 0 Å². The van der Waals surface area contributed by atoms with E-state index in [1.165, 1.54) is 9.80 Å². The Hall–Kier alpha value is -2.67. The van der Waals surface area contributed by atoms with Crippen LogP contribution >= 0.6 is 11.6 Å². The van der Waals surface area contributed by atoms with Crippen LogP contribution in [0.4, 0.5) is 0 Å². The molecule has 1 aromatic carbocycles. The van der Waals surface area contributed by atoms with E-state index in [9.17, 15) is 19.2 Å². The molecule has 0 bridgehead atoms. The maximum atomic E-state index is 13.3. The Morgan fingerprint density at radius 2 is 1.76 bits per heavy atom. The summed E-state index contributed by atoms with van der Waals surface area (Å²) in [6, 6.07) is 6.38. The van der Waals surface area contributed by atoms with Gasteiger partial charge in [0, 0.05) is 30.1 Å². The van der Waals surface area contributed by atoms with Crippen molar-refractivity contribution >= 4 is 35.2 Å². The van der Waals surface area contributed by atoms with Gasteiger partial charge in [-0.15, -0.1) is 0 Å². The van der Waals surface area contributed by atoms with Crippen molar-refractivity contribution in [2.75, 3.05) is 6.54 Å². The number of fused-ring (bicyclic) bond motifs is 1. The number of carbonyl (C=O) groups is 4. The Balaban J connectivity index is 1.73. The molecule has 0 radical (unpaired) electrons. The van der Waals surface area contributed by atoms with Crippen molar-refractivity contribution in [3.8, 4) is 0 Å². The molecule has 7 nitrogen and oxygen atoms in total. The number of nitrogens with one attached hydrogen (secondary N) is 1. The van der Waals surface area contributed by atoms with E-state index in [2.05, 4.69) is 5.32 Å². The molecular weight excluding hydrogens is 442 g/mol. The zero-order valence-corrected chi connectivity index (χ0v) is 20.4. The van der Waals surface area contributed by atoms with Crippen molar-refractivity contribution in [1.29, 1.82) is 0 Å². The maximum absolute atomic E-state index is 13.3. The van der Waals surface area contributed by atoms with Gasteiger partial charge in [0.05, 0.1) is 11.8 Å². The lowest BCUT2D eigenvalue weighted by Gasteiger charge is -2.32. The number of rotatable bonds is 7. The normalized spacial score (nSPS) is 21.1. The molecule has 1 aliphatic heterocycles. The maximum Gasteiger partial charge on any atom is 0.242 e. The largest absolute Gasteiger partial charge is 0.350 e. The molecule has 3 rings (SSSR count). The smallest absolute Gasteiger partial charge is 0.242 e. The Labute approximate surface area is 200 Å². The van der Waals surface area contributed by atoms with Gasteiger partial charge in [0.2, 0.25) is 23.6 Å².